The SMILES string of the molecule is O=C(NCCCN1CCOCC1)c1ccncc1. The third-order valence-electron chi connectivity index (χ3n) is 2.98. The van der Waals surface area contributed by atoms with Gasteiger partial charge >= 0.3 is 0 Å². The first-order valence-corrected chi connectivity index (χ1v) is 6.34. The van der Waals surface area contributed by atoms with Crippen LogP contribution in [-0.2, 0) is 4.74 Å². The lowest BCUT2D eigenvalue weighted by Crippen LogP contribution is -2.38. The number of amides is 1. The quantitative estimate of drug-likeness (QED) is 0.774. The van der Waals surface area contributed by atoms with Crippen molar-refractivity contribution in [2.75, 3.05) is 39.4 Å². The van der Waals surface area contributed by atoms with E-state index in [1.807, 2.05) is 0 Å². The van der Waals surface area contributed by atoms with Crippen LogP contribution in [0.4, 0.5) is 0 Å². The minimum absolute atomic E-state index is 0.0284. The number of carbonyl (C=O) groups is 1. The van der Waals surface area contributed by atoms with E-state index in [0.29, 0.717) is 12.1 Å². The number of ether oxygens (including phenoxy) is 1. The second-order valence-corrected chi connectivity index (χ2v) is 4.30. The summed E-state index contributed by atoms with van der Waals surface area (Å²) in [5.74, 6) is -0.0284. The Morgan fingerprint density at radius 3 is 2.78 bits per heavy atom. The van der Waals surface area contributed by atoms with Crippen LogP contribution in [-0.4, -0.2) is 55.2 Å². The number of aromatic nitrogens is 1. The molecule has 0 aliphatic carbocycles. The van der Waals surface area contributed by atoms with Crippen LogP contribution in [0.5, 0.6) is 0 Å². The molecule has 1 saturated heterocycles. The summed E-state index contributed by atoms with van der Waals surface area (Å²) in [6.07, 6.45) is 4.22. The predicted octanol–water partition coefficient (Wildman–Crippen LogP) is 0.534. The first-order valence-electron chi connectivity index (χ1n) is 6.34. The van der Waals surface area contributed by atoms with Crippen molar-refractivity contribution in [2.45, 2.75) is 6.42 Å². The molecule has 5 nitrogen and oxygen atoms in total. The molecule has 0 radical (unpaired) electrons. The standard InChI is InChI=1S/C13H19N3O2/c17-13(12-2-5-14-6-3-12)15-4-1-7-16-8-10-18-11-9-16/h2-3,5-6H,1,4,7-11H2,(H,15,17). The van der Waals surface area contributed by atoms with E-state index in [1.165, 1.54) is 0 Å². The molecule has 2 heterocycles. The number of rotatable bonds is 5. The molecule has 0 saturated carbocycles. The van der Waals surface area contributed by atoms with E-state index >= 15 is 0 Å². The van der Waals surface area contributed by atoms with Crippen LogP contribution in [0, 0.1) is 0 Å². The van der Waals surface area contributed by atoms with Gasteiger partial charge in [0.2, 0.25) is 0 Å². The van der Waals surface area contributed by atoms with Crippen LogP contribution in [0.2, 0.25) is 0 Å². The zero-order valence-electron chi connectivity index (χ0n) is 10.5. The maximum atomic E-state index is 11.7. The van der Waals surface area contributed by atoms with Crippen molar-refractivity contribution in [3.05, 3.63) is 30.1 Å². The molecule has 0 spiro atoms. The van der Waals surface area contributed by atoms with Gasteiger partial charge in [-0.2, -0.15) is 0 Å². The van der Waals surface area contributed by atoms with Gasteiger partial charge in [0.15, 0.2) is 0 Å². The van der Waals surface area contributed by atoms with E-state index in [-0.39, 0.29) is 5.91 Å². The predicted molar refractivity (Wildman–Crippen MR) is 68.4 cm³/mol. The highest BCUT2D eigenvalue weighted by Gasteiger charge is 2.09. The Morgan fingerprint density at radius 1 is 1.33 bits per heavy atom. The number of hydrogen-bond acceptors (Lipinski definition) is 4. The van der Waals surface area contributed by atoms with E-state index in [2.05, 4.69) is 15.2 Å². The van der Waals surface area contributed by atoms with Gasteiger partial charge in [-0.3, -0.25) is 14.7 Å². The van der Waals surface area contributed by atoms with Gasteiger partial charge in [-0.25, -0.2) is 0 Å². The van der Waals surface area contributed by atoms with Gasteiger partial charge in [-0.1, -0.05) is 0 Å². The monoisotopic (exact) mass is 249 g/mol. The van der Waals surface area contributed by atoms with Crippen molar-refractivity contribution in [2.24, 2.45) is 0 Å². The molecule has 1 aromatic heterocycles. The Balaban J connectivity index is 1.62. The van der Waals surface area contributed by atoms with Crippen molar-refractivity contribution in [3.63, 3.8) is 0 Å². The molecule has 5 heteroatoms. The van der Waals surface area contributed by atoms with E-state index in [9.17, 15) is 4.79 Å². The summed E-state index contributed by atoms with van der Waals surface area (Å²) in [6.45, 7) is 5.36. The zero-order valence-corrected chi connectivity index (χ0v) is 10.5. The molecule has 1 aliphatic heterocycles. The molecule has 1 aliphatic rings. The molecule has 2 rings (SSSR count). The molecule has 1 fully saturated rings. The summed E-state index contributed by atoms with van der Waals surface area (Å²) in [5.41, 5.74) is 0.663. The molecule has 0 aromatic carbocycles. The number of carbonyl (C=O) groups excluding carboxylic acids is 1. The fourth-order valence-corrected chi connectivity index (χ4v) is 1.93. The highest BCUT2D eigenvalue weighted by molar-refractivity contribution is 5.93. The molecule has 98 valence electrons. The van der Waals surface area contributed by atoms with Crippen molar-refractivity contribution < 1.29 is 9.53 Å². The van der Waals surface area contributed by atoms with Crippen molar-refractivity contribution in [1.29, 1.82) is 0 Å². The molecular weight excluding hydrogens is 230 g/mol. The summed E-state index contributed by atoms with van der Waals surface area (Å²) < 4.78 is 5.28. The Morgan fingerprint density at radius 2 is 2.06 bits per heavy atom. The highest BCUT2D eigenvalue weighted by atomic mass is 16.5. The van der Waals surface area contributed by atoms with Crippen molar-refractivity contribution >= 4 is 5.91 Å². The zero-order chi connectivity index (χ0) is 12.6. The van der Waals surface area contributed by atoms with Gasteiger partial charge in [-0.15, -0.1) is 0 Å². The lowest BCUT2D eigenvalue weighted by molar-refractivity contribution is 0.0374. The van der Waals surface area contributed by atoms with Gasteiger partial charge in [0.25, 0.3) is 5.91 Å². The Bertz CT molecular complexity index is 364. The van der Waals surface area contributed by atoms with E-state index in [1.54, 1.807) is 24.5 Å². The largest absolute Gasteiger partial charge is 0.379 e. The van der Waals surface area contributed by atoms with Crippen molar-refractivity contribution in [3.8, 4) is 0 Å². The molecule has 0 bridgehead atoms. The minimum Gasteiger partial charge on any atom is -0.379 e. The fraction of sp³-hybridized carbons (Fsp3) is 0.538. The third kappa shape index (κ3) is 4.09. The maximum Gasteiger partial charge on any atom is 0.251 e. The van der Waals surface area contributed by atoms with E-state index < -0.39 is 0 Å². The average Bonchev–Trinajstić information content (AvgIpc) is 2.45. The first-order chi connectivity index (χ1) is 8.86. The molecular formula is C13H19N3O2. The first kappa shape index (κ1) is 13.0. The summed E-state index contributed by atoms with van der Waals surface area (Å²) >= 11 is 0. The smallest absolute Gasteiger partial charge is 0.251 e. The number of morpholine rings is 1. The molecule has 0 unspecified atom stereocenters. The number of nitrogens with one attached hydrogen (secondary N) is 1. The van der Waals surface area contributed by atoms with Gasteiger partial charge in [0.1, 0.15) is 0 Å². The lowest BCUT2D eigenvalue weighted by atomic mass is 10.2. The van der Waals surface area contributed by atoms with Crippen LogP contribution in [0.3, 0.4) is 0 Å². The van der Waals surface area contributed by atoms with Crippen LogP contribution < -0.4 is 5.32 Å². The van der Waals surface area contributed by atoms with Crippen LogP contribution >= 0.6 is 0 Å². The summed E-state index contributed by atoms with van der Waals surface area (Å²) in [4.78, 5) is 18.0. The van der Waals surface area contributed by atoms with Gasteiger partial charge in [0, 0.05) is 37.6 Å². The van der Waals surface area contributed by atoms with Crippen molar-refractivity contribution in [1.82, 2.24) is 15.2 Å². The van der Waals surface area contributed by atoms with Crippen LogP contribution in [0.25, 0.3) is 0 Å². The number of hydrogen-bond donors (Lipinski definition) is 1. The molecule has 0 atom stereocenters. The van der Waals surface area contributed by atoms with E-state index in [4.69, 9.17) is 4.74 Å². The van der Waals surface area contributed by atoms with Gasteiger partial charge < -0.3 is 10.1 Å². The Kier molecular flexibility index (Phi) is 5.11. The van der Waals surface area contributed by atoms with E-state index in [0.717, 1.165) is 39.3 Å². The summed E-state index contributed by atoms with van der Waals surface area (Å²) in [7, 11) is 0. The highest BCUT2D eigenvalue weighted by Crippen LogP contribution is 1.98. The van der Waals surface area contributed by atoms with Crippen LogP contribution in [0.15, 0.2) is 24.5 Å². The number of nitrogens with zero attached hydrogens (tertiary/aromatic N) is 2. The van der Waals surface area contributed by atoms with Crippen LogP contribution in [0.1, 0.15) is 16.8 Å². The van der Waals surface area contributed by atoms with Gasteiger partial charge in [0.05, 0.1) is 13.2 Å². The topological polar surface area (TPSA) is 54.5 Å². The average molecular weight is 249 g/mol. The molecule has 18 heavy (non-hydrogen) atoms. The summed E-state index contributed by atoms with van der Waals surface area (Å²) in [5, 5.41) is 2.91. The number of pyridine rings is 1. The maximum absolute atomic E-state index is 11.7. The summed E-state index contributed by atoms with van der Waals surface area (Å²) in [6, 6.07) is 3.44. The second kappa shape index (κ2) is 7.08. The van der Waals surface area contributed by atoms with Gasteiger partial charge in [-0.05, 0) is 25.1 Å². The molecule has 1 amide bonds. The Labute approximate surface area is 107 Å². The Hall–Kier alpha value is -1.46. The fourth-order valence-electron chi connectivity index (χ4n) is 1.93. The molecule has 1 N–H and O–H groups in total. The minimum atomic E-state index is -0.0284. The lowest BCUT2D eigenvalue weighted by Gasteiger charge is -2.26. The normalized spacial score (nSPS) is 16.4. The third-order valence-corrected chi connectivity index (χ3v) is 2.98. The molecule has 1 aromatic rings. The second-order valence-electron chi connectivity index (χ2n) is 4.30.